The van der Waals surface area contributed by atoms with Gasteiger partial charge in [0, 0.05) is 27.2 Å². The number of fused-ring (bicyclic) bond motifs is 2. The molecule has 0 amide bonds. The van der Waals surface area contributed by atoms with Crippen LogP contribution in [-0.2, 0) is 4.79 Å². The van der Waals surface area contributed by atoms with Gasteiger partial charge in [-0.15, -0.1) is 23.5 Å². The topological polar surface area (TPSA) is 17.1 Å². The molecule has 3 heteroatoms. The van der Waals surface area contributed by atoms with Crippen LogP contribution in [0.3, 0.4) is 0 Å². The summed E-state index contributed by atoms with van der Waals surface area (Å²) in [6.07, 6.45) is 3.60. The normalized spacial score (nSPS) is 38.0. The lowest BCUT2D eigenvalue weighted by atomic mass is 9.95. The molecule has 0 radical (unpaired) electrons. The molecule has 2 atom stereocenters. The van der Waals surface area contributed by atoms with Crippen LogP contribution in [0.15, 0.2) is 9.81 Å². The first-order valence-corrected chi connectivity index (χ1v) is 6.87. The van der Waals surface area contributed by atoms with E-state index in [0.717, 1.165) is 6.42 Å². The predicted octanol–water partition coefficient (Wildman–Crippen LogP) is 2.68. The fraction of sp³-hybridized carbons (Fsp3) is 0.700. The minimum Gasteiger partial charge on any atom is -0.294 e. The van der Waals surface area contributed by atoms with E-state index in [1.165, 1.54) is 34.2 Å². The predicted molar refractivity (Wildman–Crippen MR) is 57.8 cm³/mol. The number of Topliss-reactive ketones (excluding diaryl/α,β-unsaturated/α-hetero) is 1. The maximum Gasteiger partial charge on any atom is 0.163 e. The Labute approximate surface area is 86.7 Å². The van der Waals surface area contributed by atoms with Gasteiger partial charge in [-0.05, 0) is 25.2 Å². The van der Waals surface area contributed by atoms with E-state index >= 15 is 0 Å². The van der Waals surface area contributed by atoms with Crippen LogP contribution in [0.4, 0.5) is 0 Å². The third kappa shape index (κ3) is 1.20. The van der Waals surface area contributed by atoms with Crippen LogP contribution in [-0.4, -0.2) is 17.3 Å². The average molecular weight is 212 g/mol. The van der Waals surface area contributed by atoms with Crippen molar-refractivity contribution in [3.63, 3.8) is 0 Å². The van der Waals surface area contributed by atoms with Crippen LogP contribution >= 0.6 is 23.5 Å². The molecular formula is C10H12OS2. The van der Waals surface area contributed by atoms with Crippen molar-refractivity contribution >= 4 is 29.3 Å². The number of allylic oxidation sites excluding steroid dienone is 1. The van der Waals surface area contributed by atoms with Crippen LogP contribution in [0, 0.1) is 11.8 Å². The molecule has 2 aliphatic carbocycles. The molecule has 0 spiro atoms. The van der Waals surface area contributed by atoms with Crippen molar-refractivity contribution in [1.82, 2.24) is 0 Å². The lowest BCUT2D eigenvalue weighted by molar-refractivity contribution is -0.118. The summed E-state index contributed by atoms with van der Waals surface area (Å²) in [5.74, 6) is 3.95. The van der Waals surface area contributed by atoms with Gasteiger partial charge in [0.25, 0.3) is 0 Å². The maximum absolute atomic E-state index is 11.9. The zero-order valence-corrected chi connectivity index (χ0v) is 9.05. The SMILES string of the molecule is O=C1C(=C2SCCS2)C2CCC1C2. The number of hydrogen-bond donors (Lipinski definition) is 0. The molecule has 2 unspecified atom stereocenters. The highest BCUT2D eigenvalue weighted by molar-refractivity contribution is 8.25. The minimum absolute atomic E-state index is 0.411. The smallest absolute Gasteiger partial charge is 0.163 e. The van der Waals surface area contributed by atoms with Crippen LogP contribution in [0.2, 0.25) is 0 Å². The highest BCUT2D eigenvalue weighted by Gasteiger charge is 2.44. The molecule has 3 aliphatic rings. The number of thioether (sulfide) groups is 2. The van der Waals surface area contributed by atoms with E-state index in [4.69, 9.17) is 0 Å². The summed E-state index contributed by atoms with van der Waals surface area (Å²) in [6.45, 7) is 0. The molecular weight excluding hydrogens is 200 g/mol. The zero-order valence-electron chi connectivity index (χ0n) is 7.41. The minimum atomic E-state index is 0.411. The van der Waals surface area contributed by atoms with Gasteiger partial charge in [0.05, 0.1) is 0 Å². The summed E-state index contributed by atoms with van der Waals surface area (Å²) in [4.78, 5) is 11.9. The Balaban J connectivity index is 1.99. The number of rotatable bonds is 0. The average Bonchev–Trinajstić information content (AvgIpc) is 2.76. The molecule has 1 aliphatic heterocycles. The van der Waals surface area contributed by atoms with Gasteiger partial charge >= 0.3 is 0 Å². The van der Waals surface area contributed by atoms with Gasteiger partial charge < -0.3 is 0 Å². The van der Waals surface area contributed by atoms with Crippen LogP contribution in [0.25, 0.3) is 0 Å². The van der Waals surface area contributed by atoms with Crippen molar-refractivity contribution in [2.75, 3.05) is 11.5 Å². The van der Waals surface area contributed by atoms with E-state index in [-0.39, 0.29) is 0 Å². The highest BCUT2D eigenvalue weighted by Crippen LogP contribution is 2.51. The molecule has 1 nitrogen and oxygen atoms in total. The molecule has 1 heterocycles. The van der Waals surface area contributed by atoms with Crippen LogP contribution < -0.4 is 0 Å². The lowest BCUT2D eigenvalue weighted by Crippen LogP contribution is -2.12. The first-order valence-electron chi connectivity index (χ1n) is 4.90. The summed E-state index contributed by atoms with van der Waals surface area (Å²) in [7, 11) is 0. The molecule has 2 bridgehead atoms. The van der Waals surface area contributed by atoms with Gasteiger partial charge in [-0.3, -0.25) is 4.79 Å². The summed E-state index contributed by atoms with van der Waals surface area (Å²) in [5.41, 5.74) is 1.23. The summed E-state index contributed by atoms with van der Waals surface area (Å²) in [5, 5.41) is 0. The Morgan fingerprint density at radius 1 is 1.08 bits per heavy atom. The Bertz CT molecular complexity index is 287. The van der Waals surface area contributed by atoms with E-state index in [9.17, 15) is 4.79 Å². The highest BCUT2D eigenvalue weighted by atomic mass is 32.2. The van der Waals surface area contributed by atoms with Crippen molar-refractivity contribution < 1.29 is 4.79 Å². The second-order valence-corrected chi connectivity index (χ2v) is 6.44. The van der Waals surface area contributed by atoms with E-state index < -0.39 is 0 Å². The quantitative estimate of drug-likeness (QED) is 0.575. The van der Waals surface area contributed by atoms with Gasteiger partial charge in [0.15, 0.2) is 5.78 Å². The van der Waals surface area contributed by atoms with Crippen molar-refractivity contribution in [3.8, 4) is 0 Å². The van der Waals surface area contributed by atoms with Gasteiger partial charge in [0.2, 0.25) is 0 Å². The second kappa shape index (κ2) is 3.06. The van der Waals surface area contributed by atoms with E-state index in [1.807, 2.05) is 23.5 Å². The molecule has 13 heavy (non-hydrogen) atoms. The molecule has 0 aromatic rings. The molecule has 1 saturated heterocycles. The fourth-order valence-corrected chi connectivity index (χ4v) is 5.35. The van der Waals surface area contributed by atoms with E-state index in [2.05, 4.69) is 0 Å². The standard InChI is InChI=1S/C10H12OS2/c11-9-7-2-1-6(5-7)8(9)10-12-3-4-13-10/h6-7H,1-5H2. The third-order valence-corrected chi connectivity index (χ3v) is 5.99. The maximum atomic E-state index is 11.9. The number of carbonyl (C=O) groups is 1. The first kappa shape index (κ1) is 8.42. The Morgan fingerprint density at radius 3 is 2.38 bits per heavy atom. The van der Waals surface area contributed by atoms with Crippen molar-refractivity contribution in [2.24, 2.45) is 11.8 Å². The molecule has 2 saturated carbocycles. The van der Waals surface area contributed by atoms with Crippen LogP contribution in [0.1, 0.15) is 19.3 Å². The molecule has 0 N–H and O–H groups in total. The van der Waals surface area contributed by atoms with Crippen LogP contribution in [0.5, 0.6) is 0 Å². The monoisotopic (exact) mass is 212 g/mol. The lowest BCUT2D eigenvalue weighted by Gasteiger charge is -2.13. The molecule has 70 valence electrons. The second-order valence-electron chi connectivity index (χ2n) is 3.97. The molecule has 0 aromatic heterocycles. The fourth-order valence-electron chi connectivity index (χ4n) is 2.64. The van der Waals surface area contributed by atoms with Gasteiger partial charge in [-0.25, -0.2) is 0 Å². The number of carbonyl (C=O) groups excluding carboxylic acids is 1. The summed E-state index contributed by atoms with van der Waals surface area (Å²) >= 11 is 3.81. The largest absolute Gasteiger partial charge is 0.294 e. The van der Waals surface area contributed by atoms with E-state index in [0.29, 0.717) is 17.6 Å². The summed E-state index contributed by atoms with van der Waals surface area (Å²) < 4.78 is 1.37. The Morgan fingerprint density at radius 2 is 1.77 bits per heavy atom. The molecule has 3 rings (SSSR count). The molecule has 3 fully saturated rings. The number of hydrogen-bond acceptors (Lipinski definition) is 3. The Kier molecular flexibility index (Phi) is 1.98. The first-order chi connectivity index (χ1) is 6.36. The Hall–Kier alpha value is 0.110. The number of ketones is 1. The van der Waals surface area contributed by atoms with Crippen molar-refractivity contribution in [1.29, 1.82) is 0 Å². The van der Waals surface area contributed by atoms with Crippen molar-refractivity contribution in [2.45, 2.75) is 19.3 Å². The molecule has 0 aromatic carbocycles. The van der Waals surface area contributed by atoms with Crippen molar-refractivity contribution in [3.05, 3.63) is 9.81 Å². The van der Waals surface area contributed by atoms with Gasteiger partial charge in [-0.2, -0.15) is 0 Å². The zero-order chi connectivity index (χ0) is 8.84. The van der Waals surface area contributed by atoms with Gasteiger partial charge in [-0.1, -0.05) is 0 Å². The van der Waals surface area contributed by atoms with E-state index in [1.54, 1.807) is 0 Å². The van der Waals surface area contributed by atoms with Gasteiger partial charge in [0.1, 0.15) is 0 Å². The summed E-state index contributed by atoms with van der Waals surface area (Å²) in [6, 6.07) is 0. The third-order valence-electron chi connectivity index (χ3n) is 3.25.